The molecular weight excluding hydrogens is 193 g/mol. The predicted octanol–water partition coefficient (Wildman–Crippen LogP) is 0.295. The van der Waals surface area contributed by atoms with Crippen LogP contribution in [0.1, 0.15) is 6.92 Å². The molecule has 1 unspecified atom stereocenters. The van der Waals surface area contributed by atoms with E-state index >= 15 is 0 Å². The molecular formula is C3H6INO. The summed E-state index contributed by atoms with van der Waals surface area (Å²) < 4.78 is -0.317. The van der Waals surface area contributed by atoms with Crippen LogP contribution in [0.4, 0.5) is 0 Å². The monoisotopic (exact) mass is 199 g/mol. The summed E-state index contributed by atoms with van der Waals surface area (Å²) in [6.45, 7) is 1.47. The molecule has 0 heterocycles. The standard InChI is InChI=1S/C3H6INO/c1-2(6)3(4)5/h3H,5H2,1H3. The maximum atomic E-state index is 10.0. The van der Waals surface area contributed by atoms with Gasteiger partial charge in [0.05, 0.1) is 0 Å². The van der Waals surface area contributed by atoms with Crippen LogP contribution < -0.4 is 5.73 Å². The second-order valence-electron chi connectivity index (χ2n) is 1.01. The summed E-state index contributed by atoms with van der Waals surface area (Å²) in [5.74, 6) is 0.0237. The van der Waals surface area contributed by atoms with Crippen LogP contribution in [0.25, 0.3) is 0 Å². The van der Waals surface area contributed by atoms with Crippen molar-refractivity contribution in [2.45, 2.75) is 11.0 Å². The van der Waals surface area contributed by atoms with Crippen LogP contribution in [0.3, 0.4) is 0 Å². The van der Waals surface area contributed by atoms with Gasteiger partial charge in [0.2, 0.25) is 0 Å². The maximum absolute atomic E-state index is 10.0. The van der Waals surface area contributed by atoms with E-state index in [1.165, 1.54) is 6.92 Å². The molecule has 0 fully saturated rings. The molecule has 0 saturated heterocycles. The van der Waals surface area contributed by atoms with E-state index < -0.39 is 0 Å². The first kappa shape index (κ1) is 6.36. The maximum Gasteiger partial charge on any atom is 0.156 e. The summed E-state index contributed by atoms with van der Waals surface area (Å²) in [6, 6.07) is 0. The molecule has 0 rings (SSSR count). The van der Waals surface area contributed by atoms with Gasteiger partial charge in [-0.2, -0.15) is 0 Å². The summed E-state index contributed by atoms with van der Waals surface area (Å²) in [6.07, 6.45) is 0. The third kappa shape index (κ3) is 2.59. The molecule has 0 aliphatic carbocycles. The number of alkyl halides is 1. The second-order valence-corrected chi connectivity index (χ2v) is 2.35. The van der Waals surface area contributed by atoms with Crippen LogP contribution in [-0.2, 0) is 4.79 Å². The zero-order chi connectivity index (χ0) is 5.15. The average Bonchev–Trinajstić information content (AvgIpc) is 1.36. The Morgan fingerprint density at radius 3 is 2.17 bits per heavy atom. The van der Waals surface area contributed by atoms with Crippen LogP contribution in [0.2, 0.25) is 0 Å². The fourth-order valence-corrected chi connectivity index (χ4v) is 0. The zero-order valence-corrected chi connectivity index (χ0v) is 5.60. The van der Waals surface area contributed by atoms with Crippen molar-refractivity contribution in [2.24, 2.45) is 5.73 Å². The highest BCUT2D eigenvalue weighted by Gasteiger charge is 1.97. The molecule has 0 aliphatic rings. The lowest BCUT2D eigenvalue weighted by Crippen LogP contribution is -2.19. The molecule has 0 bridgehead atoms. The fraction of sp³-hybridized carbons (Fsp3) is 0.667. The third-order valence-electron chi connectivity index (χ3n) is 0.388. The van der Waals surface area contributed by atoms with Gasteiger partial charge in [-0.1, -0.05) is 22.6 Å². The Bertz CT molecular complexity index is 61.8. The highest BCUT2D eigenvalue weighted by Crippen LogP contribution is 1.89. The molecule has 0 aliphatic heterocycles. The first-order valence-electron chi connectivity index (χ1n) is 1.54. The number of hydrogen-bond donors (Lipinski definition) is 1. The van der Waals surface area contributed by atoms with Gasteiger partial charge in [-0.15, -0.1) is 0 Å². The number of rotatable bonds is 1. The van der Waals surface area contributed by atoms with Crippen molar-refractivity contribution in [3.05, 3.63) is 0 Å². The van der Waals surface area contributed by atoms with Crippen LogP contribution >= 0.6 is 22.6 Å². The molecule has 0 aromatic rings. The quantitative estimate of drug-likeness (QED) is 0.374. The van der Waals surface area contributed by atoms with Gasteiger partial charge in [0, 0.05) is 0 Å². The third-order valence-corrected chi connectivity index (χ3v) is 1.27. The first-order valence-corrected chi connectivity index (χ1v) is 2.79. The Morgan fingerprint density at radius 2 is 2.17 bits per heavy atom. The van der Waals surface area contributed by atoms with Gasteiger partial charge in [0.15, 0.2) is 5.78 Å². The lowest BCUT2D eigenvalue weighted by Gasteiger charge is -1.89. The molecule has 2 N–H and O–H groups in total. The topological polar surface area (TPSA) is 43.1 Å². The normalized spacial score (nSPS) is 13.8. The molecule has 3 heteroatoms. The van der Waals surface area contributed by atoms with Crippen molar-refractivity contribution in [2.75, 3.05) is 0 Å². The molecule has 1 atom stereocenters. The Balaban J connectivity index is 3.26. The SMILES string of the molecule is CC(=O)C(N)I. The van der Waals surface area contributed by atoms with Crippen LogP contribution in [0.5, 0.6) is 0 Å². The van der Waals surface area contributed by atoms with E-state index in [2.05, 4.69) is 0 Å². The summed E-state index contributed by atoms with van der Waals surface area (Å²) >= 11 is 1.86. The van der Waals surface area contributed by atoms with Crippen LogP contribution in [-0.4, -0.2) is 9.83 Å². The average molecular weight is 199 g/mol. The number of carbonyl (C=O) groups is 1. The summed E-state index contributed by atoms with van der Waals surface area (Å²) in [7, 11) is 0. The minimum Gasteiger partial charge on any atom is -0.313 e. The van der Waals surface area contributed by atoms with Gasteiger partial charge in [-0.3, -0.25) is 4.79 Å². The van der Waals surface area contributed by atoms with E-state index in [9.17, 15) is 4.79 Å². The van der Waals surface area contributed by atoms with Crippen molar-refractivity contribution in [3.8, 4) is 0 Å². The van der Waals surface area contributed by atoms with E-state index in [-0.39, 0.29) is 9.83 Å². The Morgan fingerprint density at radius 1 is 2.00 bits per heavy atom. The molecule has 2 nitrogen and oxygen atoms in total. The molecule has 0 amide bonds. The number of ketones is 1. The van der Waals surface area contributed by atoms with Gasteiger partial charge in [0.1, 0.15) is 4.05 Å². The minimum atomic E-state index is -0.317. The van der Waals surface area contributed by atoms with Crippen LogP contribution in [0.15, 0.2) is 0 Å². The van der Waals surface area contributed by atoms with Gasteiger partial charge in [-0.05, 0) is 6.92 Å². The zero-order valence-electron chi connectivity index (χ0n) is 3.44. The summed E-state index contributed by atoms with van der Waals surface area (Å²) in [5, 5.41) is 0. The molecule has 0 radical (unpaired) electrons. The lowest BCUT2D eigenvalue weighted by molar-refractivity contribution is -0.116. The van der Waals surface area contributed by atoms with E-state index in [0.29, 0.717) is 0 Å². The van der Waals surface area contributed by atoms with Crippen molar-refractivity contribution in [1.29, 1.82) is 0 Å². The number of carbonyl (C=O) groups excluding carboxylic acids is 1. The van der Waals surface area contributed by atoms with E-state index in [4.69, 9.17) is 5.73 Å². The predicted molar refractivity (Wildman–Crippen MR) is 32.7 cm³/mol. The van der Waals surface area contributed by atoms with Crippen molar-refractivity contribution in [3.63, 3.8) is 0 Å². The van der Waals surface area contributed by atoms with Gasteiger partial charge < -0.3 is 5.73 Å². The second kappa shape index (κ2) is 2.52. The van der Waals surface area contributed by atoms with Gasteiger partial charge >= 0.3 is 0 Å². The molecule has 36 valence electrons. The first-order chi connectivity index (χ1) is 2.64. The lowest BCUT2D eigenvalue weighted by atomic mass is 10.5. The number of Topliss-reactive ketones (excluding diaryl/α,β-unsaturated/α-hetero) is 1. The van der Waals surface area contributed by atoms with E-state index in [1.807, 2.05) is 22.6 Å². The Hall–Kier alpha value is 0.360. The van der Waals surface area contributed by atoms with Crippen molar-refractivity contribution in [1.82, 2.24) is 0 Å². The number of hydrogen-bond acceptors (Lipinski definition) is 2. The minimum absolute atomic E-state index is 0.0237. The molecule has 0 spiro atoms. The van der Waals surface area contributed by atoms with Gasteiger partial charge in [0.25, 0.3) is 0 Å². The molecule has 0 saturated carbocycles. The molecule has 6 heavy (non-hydrogen) atoms. The smallest absolute Gasteiger partial charge is 0.156 e. The fourth-order valence-electron chi connectivity index (χ4n) is 0. The highest BCUT2D eigenvalue weighted by molar-refractivity contribution is 14.1. The largest absolute Gasteiger partial charge is 0.313 e. The van der Waals surface area contributed by atoms with E-state index in [1.54, 1.807) is 0 Å². The summed E-state index contributed by atoms with van der Waals surface area (Å²) in [5.41, 5.74) is 5.07. The van der Waals surface area contributed by atoms with Crippen LogP contribution in [0, 0.1) is 0 Å². The van der Waals surface area contributed by atoms with Crippen molar-refractivity contribution >= 4 is 28.4 Å². The summed E-state index contributed by atoms with van der Waals surface area (Å²) in [4.78, 5) is 10.0. The van der Waals surface area contributed by atoms with E-state index in [0.717, 1.165) is 0 Å². The van der Waals surface area contributed by atoms with Crippen molar-refractivity contribution < 1.29 is 4.79 Å². The highest BCUT2D eigenvalue weighted by atomic mass is 127. The molecule has 0 aromatic carbocycles. The Labute approximate surface area is 50.2 Å². The molecule has 0 aromatic heterocycles. The Kier molecular flexibility index (Phi) is 2.67. The van der Waals surface area contributed by atoms with Gasteiger partial charge in [-0.25, -0.2) is 0 Å². The number of nitrogens with two attached hydrogens (primary N) is 1. The number of halogens is 1.